The predicted octanol–water partition coefficient (Wildman–Crippen LogP) is 5.83. The fourth-order valence-corrected chi connectivity index (χ4v) is 6.18. The van der Waals surface area contributed by atoms with Crippen molar-refractivity contribution in [1.82, 2.24) is 29.5 Å². The summed E-state index contributed by atoms with van der Waals surface area (Å²) in [5.41, 5.74) is -1.85. The number of urea groups is 1. The Morgan fingerprint density at radius 2 is 1.61 bits per heavy atom. The predicted molar refractivity (Wildman–Crippen MR) is 153 cm³/mol. The number of anilines is 1. The molecule has 2 saturated heterocycles. The van der Waals surface area contributed by atoms with E-state index in [1.807, 2.05) is 6.92 Å². The Balaban J connectivity index is 1.51. The van der Waals surface area contributed by atoms with E-state index in [1.165, 1.54) is 22.2 Å². The van der Waals surface area contributed by atoms with Crippen LogP contribution in [0.15, 0.2) is 43.0 Å². The number of halogens is 6. The van der Waals surface area contributed by atoms with Crippen molar-refractivity contribution in [1.29, 1.82) is 0 Å². The molecule has 1 aromatic carbocycles. The van der Waals surface area contributed by atoms with Gasteiger partial charge in [-0.05, 0) is 55.9 Å². The van der Waals surface area contributed by atoms with E-state index in [0.717, 1.165) is 0 Å². The summed E-state index contributed by atoms with van der Waals surface area (Å²) in [5.74, 6) is -1.06. The molecule has 248 valence electrons. The van der Waals surface area contributed by atoms with Crippen LogP contribution in [0.1, 0.15) is 55.7 Å². The summed E-state index contributed by atoms with van der Waals surface area (Å²) in [6.45, 7) is 1.74. The van der Waals surface area contributed by atoms with E-state index in [4.69, 9.17) is 0 Å². The molecule has 2 fully saturated rings. The molecular formula is C30H33F6N7O3. The van der Waals surface area contributed by atoms with Gasteiger partial charge >= 0.3 is 24.4 Å². The summed E-state index contributed by atoms with van der Waals surface area (Å²) >= 11 is 0. The highest BCUT2D eigenvalue weighted by Gasteiger charge is 2.43. The first-order valence-electron chi connectivity index (χ1n) is 14.8. The number of aromatic nitrogens is 4. The highest BCUT2D eigenvalue weighted by atomic mass is 19.4. The van der Waals surface area contributed by atoms with Gasteiger partial charge in [-0.2, -0.15) is 31.4 Å². The summed E-state index contributed by atoms with van der Waals surface area (Å²) in [4.78, 5) is 38.9. The van der Waals surface area contributed by atoms with Crippen LogP contribution in [-0.2, 0) is 30.7 Å². The molecule has 0 saturated carbocycles. The molecule has 0 aliphatic carbocycles. The van der Waals surface area contributed by atoms with Crippen molar-refractivity contribution in [2.24, 2.45) is 7.05 Å². The molecule has 1 unspecified atom stereocenters. The first-order valence-corrected chi connectivity index (χ1v) is 14.8. The number of carbonyl (C=O) groups excluding carboxylic acids is 1. The summed E-state index contributed by atoms with van der Waals surface area (Å²) in [7, 11) is 1.73. The van der Waals surface area contributed by atoms with E-state index in [1.54, 1.807) is 29.0 Å². The maximum Gasteiger partial charge on any atom is 0.416 e. The van der Waals surface area contributed by atoms with Gasteiger partial charge in [-0.15, -0.1) is 0 Å². The lowest BCUT2D eigenvalue weighted by Crippen LogP contribution is -2.54. The molecule has 2 amide bonds. The van der Waals surface area contributed by atoms with Gasteiger partial charge in [-0.25, -0.2) is 19.6 Å². The van der Waals surface area contributed by atoms with Crippen LogP contribution in [0.25, 0.3) is 11.1 Å². The fraction of sp³-hybridized carbons (Fsp3) is 0.500. The second kappa shape index (κ2) is 12.8. The van der Waals surface area contributed by atoms with E-state index in [0.29, 0.717) is 55.4 Å². The number of carbonyl (C=O) groups is 2. The SMILES string of the molecule is CC[C@@H]1C[C@H](N(Cc2cc(C(F)(F)F)cc(C(F)(F)F)c2)c2ncc(-c3cnn(C)c3)cn2)CN1C(=O)N1CCCCC1C(=O)O. The van der Waals surface area contributed by atoms with E-state index >= 15 is 0 Å². The van der Waals surface area contributed by atoms with Gasteiger partial charge in [-0.3, -0.25) is 4.68 Å². The third-order valence-electron chi connectivity index (χ3n) is 8.52. The minimum atomic E-state index is -5.03. The van der Waals surface area contributed by atoms with Gasteiger partial charge in [0, 0.05) is 62.4 Å². The number of benzene rings is 1. The van der Waals surface area contributed by atoms with Crippen LogP contribution in [-0.4, -0.2) is 77.9 Å². The number of hydrogen-bond donors (Lipinski definition) is 1. The Morgan fingerprint density at radius 3 is 2.15 bits per heavy atom. The standard InChI is InChI=1S/C30H33F6N7O3/c1-3-23-11-24(17-43(23)28(46)41-7-5-4-6-25(41)26(44)45)42(27-37-12-19(13-38-27)20-14-39-40(2)16-20)15-18-8-21(29(31,32)33)10-22(9-18)30(34,35)36/h8-10,12-14,16,23-25H,3-7,11,15,17H2,1-2H3,(H,44,45)/t23-,24+,25?/m1/s1. The second-order valence-corrected chi connectivity index (χ2v) is 11.6. The number of amides is 2. The number of piperidine rings is 1. The Hall–Kier alpha value is -4.37. The number of hydrogen-bond acceptors (Lipinski definition) is 6. The van der Waals surface area contributed by atoms with Crippen molar-refractivity contribution in [3.8, 4) is 11.1 Å². The lowest BCUT2D eigenvalue weighted by atomic mass is 10.0. The number of nitrogens with zero attached hydrogens (tertiary/aromatic N) is 7. The van der Waals surface area contributed by atoms with Gasteiger partial charge in [0.25, 0.3) is 0 Å². The molecule has 5 rings (SSSR count). The largest absolute Gasteiger partial charge is 0.480 e. The normalized spacial score (nSPS) is 20.7. The lowest BCUT2D eigenvalue weighted by molar-refractivity contribution is -0.144. The molecular weight excluding hydrogens is 620 g/mol. The summed E-state index contributed by atoms with van der Waals surface area (Å²) < 4.78 is 83.8. The van der Waals surface area contributed by atoms with Crippen LogP contribution in [0.3, 0.4) is 0 Å². The zero-order chi connectivity index (χ0) is 33.4. The molecule has 0 radical (unpaired) electrons. The number of alkyl halides is 6. The Kier molecular flexibility index (Phi) is 9.18. The highest BCUT2D eigenvalue weighted by Crippen LogP contribution is 2.38. The maximum absolute atomic E-state index is 13.7. The van der Waals surface area contributed by atoms with E-state index in [2.05, 4.69) is 15.1 Å². The molecule has 46 heavy (non-hydrogen) atoms. The van der Waals surface area contributed by atoms with Crippen molar-refractivity contribution in [3.05, 3.63) is 59.7 Å². The van der Waals surface area contributed by atoms with Crippen LogP contribution in [0.5, 0.6) is 0 Å². The molecule has 2 aliphatic heterocycles. The smallest absolute Gasteiger partial charge is 0.416 e. The average Bonchev–Trinajstić information content (AvgIpc) is 3.65. The van der Waals surface area contributed by atoms with Gasteiger partial charge in [0.15, 0.2) is 0 Å². The summed E-state index contributed by atoms with van der Waals surface area (Å²) in [5, 5.41) is 13.9. The van der Waals surface area contributed by atoms with Crippen LogP contribution in [0, 0.1) is 0 Å². The lowest BCUT2D eigenvalue weighted by Gasteiger charge is -2.37. The number of carboxylic acids is 1. The number of aryl methyl sites for hydroxylation is 1. The van der Waals surface area contributed by atoms with Gasteiger partial charge in [0.2, 0.25) is 5.95 Å². The van der Waals surface area contributed by atoms with Crippen LogP contribution < -0.4 is 4.90 Å². The van der Waals surface area contributed by atoms with Crippen molar-refractivity contribution in [3.63, 3.8) is 0 Å². The van der Waals surface area contributed by atoms with Crippen molar-refractivity contribution < 1.29 is 41.0 Å². The van der Waals surface area contributed by atoms with E-state index in [-0.39, 0.29) is 36.7 Å². The molecule has 1 N–H and O–H groups in total. The molecule has 10 nitrogen and oxygen atoms in total. The molecule has 0 spiro atoms. The molecule has 16 heteroatoms. The molecule has 2 aromatic heterocycles. The highest BCUT2D eigenvalue weighted by molar-refractivity contribution is 5.83. The molecule has 3 atom stereocenters. The zero-order valence-corrected chi connectivity index (χ0v) is 25.1. The topological polar surface area (TPSA) is 108 Å². The maximum atomic E-state index is 13.7. The Bertz CT molecular complexity index is 1530. The molecule has 2 aliphatic rings. The zero-order valence-electron chi connectivity index (χ0n) is 25.1. The van der Waals surface area contributed by atoms with Crippen LogP contribution >= 0.6 is 0 Å². The molecule has 4 heterocycles. The third-order valence-corrected chi connectivity index (χ3v) is 8.52. The Labute approximate surface area is 260 Å². The minimum absolute atomic E-state index is 0.0407. The number of rotatable bonds is 7. The van der Waals surface area contributed by atoms with Crippen molar-refractivity contribution >= 4 is 17.9 Å². The van der Waals surface area contributed by atoms with E-state index < -0.39 is 54.1 Å². The van der Waals surface area contributed by atoms with Crippen LogP contribution in [0.4, 0.5) is 37.1 Å². The molecule has 3 aromatic rings. The van der Waals surface area contributed by atoms with Crippen molar-refractivity contribution in [2.45, 2.75) is 76.1 Å². The van der Waals surface area contributed by atoms with E-state index in [9.17, 15) is 41.0 Å². The monoisotopic (exact) mass is 653 g/mol. The average molecular weight is 654 g/mol. The number of aliphatic carboxylic acids is 1. The quantitative estimate of drug-likeness (QED) is 0.320. The first kappa shape index (κ1) is 33.0. The third kappa shape index (κ3) is 7.04. The van der Waals surface area contributed by atoms with Crippen LogP contribution in [0.2, 0.25) is 0 Å². The summed E-state index contributed by atoms with van der Waals surface area (Å²) in [6, 6.07) is -0.989. The molecule has 0 bridgehead atoms. The summed E-state index contributed by atoms with van der Waals surface area (Å²) in [6.07, 6.45) is -1.33. The Morgan fingerprint density at radius 1 is 0.957 bits per heavy atom. The van der Waals surface area contributed by atoms with Gasteiger partial charge < -0.3 is 19.8 Å². The fourth-order valence-electron chi connectivity index (χ4n) is 6.18. The number of carboxylic acid groups (broad SMARTS) is 1. The van der Waals surface area contributed by atoms with Gasteiger partial charge in [-0.1, -0.05) is 6.92 Å². The minimum Gasteiger partial charge on any atom is -0.480 e. The second-order valence-electron chi connectivity index (χ2n) is 11.6. The van der Waals surface area contributed by atoms with Gasteiger partial charge in [0.1, 0.15) is 6.04 Å². The number of likely N-dealkylation sites (tertiary alicyclic amines) is 2. The first-order chi connectivity index (χ1) is 21.7. The van der Waals surface area contributed by atoms with Crippen molar-refractivity contribution in [2.75, 3.05) is 18.0 Å². The van der Waals surface area contributed by atoms with Gasteiger partial charge in [0.05, 0.1) is 23.4 Å².